The third-order valence-electron chi connectivity index (χ3n) is 4.53. The topological polar surface area (TPSA) is 6.48 Å². The number of hydrogen-bond donors (Lipinski definition) is 0. The lowest BCUT2D eigenvalue weighted by molar-refractivity contribution is 0.110. The molecule has 2 aliphatic rings. The molecule has 2 nitrogen and oxygen atoms in total. The fourth-order valence-corrected chi connectivity index (χ4v) is 3.48. The van der Waals surface area contributed by atoms with Crippen molar-refractivity contribution in [3.05, 3.63) is 35.4 Å². The summed E-state index contributed by atoms with van der Waals surface area (Å²) in [7, 11) is 0. The molecule has 1 atom stereocenters. The number of nitrogens with zero attached hydrogens (tertiary/aromatic N) is 2. The Bertz CT molecular complexity index is 458. The van der Waals surface area contributed by atoms with E-state index in [4.69, 9.17) is 0 Å². The second-order valence-electron chi connectivity index (χ2n) is 6.02. The van der Waals surface area contributed by atoms with Gasteiger partial charge in [-0.25, -0.2) is 8.78 Å². The minimum absolute atomic E-state index is 0.650. The summed E-state index contributed by atoms with van der Waals surface area (Å²) in [6.07, 6.45) is 5.11. The van der Waals surface area contributed by atoms with Gasteiger partial charge in [-0.2, -0.15) is 0 Å². The molecule has 0 radical (unpaired) electrons. The highest BCUT2D eigenvalue weighted by atomic mass is 19.2. The molecule has 20 heavy (non-hydrogen) atoms. The lowest BCUT2D eigenvalue weighted by Crippen LogP contribution is -2.46. The lowest BCUT2D eigenvalue weighted by Gasteiger charge is -2.37. The van der Waals surface area contributed by atoms with Crippen LogP contribution in [-0.4, -0.2) is 42.0 Å². The molecular formula is C16H22F2N2. The molecule has 0 amide bonds. The Balaban J connectivity index is 1.60. The molecule has 0 bridgehead atoms. The van der Waals surface area contributed by atoms with Gasteiger partial charge in [0, 0.05) is 19.1 Å². The average Bonchev–Trinajstić information content (AvgIpc) is 2.97. The summed E-state index contributed by atoms with van der Waals surface area (Å²) in [5.41, 5.74) is 0.867. The van der Waals surface area contributed by atoms with Crippen LogP contribution < -0.4 is 0 Å². The third kappa shape index (κ3) is 3.18. The van der Waals surface area contributed by atoms with Crippen molar-refractivity contribution in [1.29, 1.82) is 0 Å². The van der Waals surface area contributed by atoms with E-state index < -0.39 is 11.6 Å². The van der Waals surface area contributed by atoms with Gasteiger partial charge in [0.05, 0.1) is 0 Å². The van der Waals surface area contributed by atoms with Crippen molar-refractivity contribution in [2.45, 2.75) is 38.3 Å². The minimum atomic E-state index is -0.762. The summed E-state index contributed by atoms with van der Waals surface area (Å²) >= 11 is 0. The van der Waals surface area contributed by atoms with E-state index in [1.807, 2.05) is 0 Å². The average molecular weight is 280 g/mol. The summed E-state index contributed by atoms with van der Waals surface area (Å²) in [6, 6.07) is 4.90. The third-order valence-corrected chi connectivity index (χ3v) is 4.53. The molecule has 0 spiro atoms. The smallest absolute Gasteiger partial charge is 0.159 e. The summed E-state index contributed by atoms with van der Waals surface area (Å²) in [6.45, 7) is 5.29. The molecule has 2 fully saturated rings. The van der Waals surface area contributed by atoms with Crippen molar-refractivity contribution in [3.8, 4) is 0 Å². The summed E-state index contributed by atoms with van der Waals surface area (Å²) in [4.78, 5) is 4.97. The minimum Gasteiger partial charge on any atom is -0.299 e. The lowest BCUT2D eigenvalue weighted by atomic mass is 10.0. The molecule has 0 saturated carbocycles. The van der Waals surface area contributed by atoms with Crippen molar-refractivity contribution >= 4 is 0 Å². The predicted octanol–water partition coefficient (Wildman–Crippen LogP) is 3.03. The molecule has 4 heteroatoms. The maximum Gasteiger partial charge on any atom is 0.159 e. The highest BCUT2D eigenvalue weighted by Crippen LogP contribution is 2.22. The van der Waals surface area contributed by atoms with Gasteiger partial charge in [-0.15, -0.1) is 0 Å². The zero-order valence-corrected chi connectivity index (χ0v) is 11.8. The fraction of sp³-hybridized carbons (Fsp3) is 0.625. The highest BCUT2D eigenvalue weighted by Gasteiger charge is 2.27. The van der Waals surface area contributed by atoms with Crippen LogP contribution in [0.2, 0.25) is 0 Å². The zero-order chi connectivity index (χ0) is 13.9. The number of benzene rings is 1. The van der Waals surface area contributed by atoms with Crippen molar-refractivity contribution in [1.82, 2.24) is 9.80 Å². The van der Waals surface area contributed by atoms with Gasteiger partial charge in [-0.05, 0) is 63.0 Å². The summed E-state index contributed by atoms with van der Waals surface area (Å²) < 4.78 is 26.2. The number of hydrogen-bond acceptors (Lipinski definition) is 2. The van der Waals surface area contributed by atoms with Crippen molar-refractivity contribution < 1.29 is 8.78 Å². The maximum absolute atomic E-state index is 13.3. The maximum atomic E-state index is 13.3. The van der Waals surface area contributed by atoms with E-state index in [0.29, 0.717) is 6.04 Å². The fourth-order valence-electron chi connectivity index (χ4n) is 3.48. The van der Waals surface area contributed by atoms with E-state index in [1.165, 1.54) is 50.9 Å². The van der Waals surface area contributed by atoms with Crippen LogP contribution in [0.15, 0.2) is 18.2 Å². The molecule has 2 saturated heterocycles. The first-order chi connectivity index (χ1) is 9.72. The van der Waals surface area contributed by atoms with Crippen LogP contribution in [0.25, 0.3) is 0 Å². The van der Waals surface area contributed by atoms with Gasteiger partial charge in [-0.3, -0.25) is 9.80 Å². The van der Waals surface area contributed by atoms with Crippen LogP contribution in [-0.2, 0) is 6.54 Å². The Labute approximate surface area is 119 Å². The van der Waals surface area contributed by atoms with E-state index in [2.05, 4.69) is 9.80 Å². The van der Waals surface area contributed by atoms with Gasteiger partial charge < -0.3 is 0 Å². The van der Waals surface area contributed by atoms with Gasteiger partial charge in [0.25, 0.3) is 0 Å². The molecule has 1 aromatic carbocycles. The van der Waals surface area contributed by atoms with E-state index in [9.17, 15) is 8.78 Å². The Kier molecular flexibility index (Phi) is 4.32. The highest BCUT2D eigenvalue weighted by molar-refractivity contribution is 5.17. The molecular weight excluding hydrogens is 258 g/mol. The van der Waals surface area contributed by atoms with Crippen LogP contribution >= 0.6 is 0 Å². The molecule has 1 unspecified atom stereocenters. The number of halogens is 2. The number of rotatable bonds is 3. The molecule has 3 rings (SSSR count). The van der Waals surface area contributed by atoms with Crippen LogP contribution in [0.1, 0.15) is 31.2 Å². The second kappa shape index (κ2) is 6.19. The summed E-state index contributed by atoms with van der Waals surface area (Å²) in [5, 5.41) is 0. The normalized spacial score (nSPS) is 25.2. The van der Waals surface area contributed by atoms with E-state index in [0.717, 1.165) is 25.2 Å². The van der Waals surface area contributed by atoms with Crippen LogP contribution in [0.4, 0.5) is 8.78 Å². The Morgan fingerprint density at radius 2 is 1.80 bits per heavy atom. The van der Waals surface area contributed by atoms with Gasteiger partial charge in [0.1, 0.15) is 0 Å². The quantitative estimate of drug-likeness (QED) is 0.840. The van der Waals surface area contributed by atoms with Gasteiger partial charge >= 0.3 is 0 Å². The van der Waals surface area contributed by atoms with Crippen LogP contribution in [0.3, 0.4) is 0 Å². The first kappa shape index (κ1) is 14.0. The second-order valence-corrected chi connectivity index (χ2v) is 6.02. The Hall–Kier alpha value is -1.00. The molecule has 0 aromatic heterocycles. The van der Waals surface area contributed by atoms with Crippen molar-refractivity contribution in [2.24, 2.45) is 0 Å². The number of piperidine rings is 1. The largest absolute Gasteiger partial charge is 0.299 e. The van der Waals surface area contributed by atoms with Crippen LogP contribution in [0.5, 0.6) is 0 Å². The van der Waals surface area contributed by atoms with Crippen LogP contribution in [0, 0.1) is 11.6 Å². The Morgan fingerprint density at radius 3 is 2.55 bits per heavy atom. The molecule has 2 aliphatic heterocycles. The summed E-state index contributed by atoms with van der Waals surface area (Å²) in [5.74, 6) is -1.50. The van der Waals surface area contributed by atoms with E-state index >= 15 is 0 Å². The van der Waals surface area contributed by atoms with E-state index in [-0.39, 0.29) is 0 Å². The monoisotopic (exact) mass is 280 g/mol. The molecule has 2 heterocycles. The van der Waals surface area contributed by atoms with E-state index in [1.54, 1.807) is 6.07 Å². The van der Waals surface area contributed by atoms with Crippen molar-refractivity contribution in [3.63, 3.8) is 0 Å². The standard InChI is InChI=1S/C16H22F2N2/c17-15-6-5-13(10-16(15)18)11-19-7-3-4-14(12-19)20-8-1-2-9-20/h5-6,10,14H,1-4,7-9,11-12H2. The van der Waals surface area contributed by atoms with Gasteiger partial charge in [0.15, 0.2) is 11.6 Å². The molecule has 110 valence electrons. The first-order valence-corrected chi connectivity index (χ1v) is 7.63. The predicted molar refractivity (Wildman–Crippen MR) is 75.5 cm³/mol. The molecule has 1 aromatic rings. The van der Waals surface area contributed by atoms with Gasteiger partial charge in [0.2, 0.25) is 0 Å². The SMILES string of the molecule is Fc1ccc(CN2CCCC(N3CCCC3)C2)cc1F. The van der Waals surface area contributed by atoms with Gasteiger partial charge in [-0.1, -0.05) is 6.07 Å². The zero-order valence-electron chi connectivity index (χ0n) is 11.8. The van der Waals surface area contributed by atoms with Crippen molar-refractivity contribution in [2.75, 3.05) is 26.2 Å². The Morgan fingerprint density at radius 1 is 1.00 bits per heavy atom. The molecule has 0 N–H and O–H groups in total. The first-order valence-electron chi connectivity index (χ1n) is 7.63. The number of likely N-dealkylation sites (tertiary alicyclic amines) is 2. The molecule has 0 aliphatic carbocycles.